The van der Waals surface area contributed by atoms with E-state index in [4.69, 9.17) is 0 Å². The molecular weight excluding hydrogens is 320 g/mol. The fourth-order valence-corrected chi connectivity index (χ4v) is 2.21. The van der Waals surface area contributed by atoms with E-state index in [1.54, 1.807) is 25.4 Å². The molecule has 0 fully saturated rings. The fraction of sp³-hybridized carbons (Fsp3) is 0.0667. The molecular formula is C15H13BrN2O2. The average Bonchev–Trinajstić information content (AvgIpc) is 2.43. The smallest absolute Gasteiger partial charge is 0.274 e. The number of rotatable bonds is 3. The van der Waals surface area contributed by atoms with Crippen LogP contribution in [-0.2, 0) is 11.8 Å². The minimum absolute atomic E-state index is 0.240. The molecule has 0 aliphatic carbocycles. The molecule has 0 radical (unpaired) electrons. The van der Waals surface area contributed by atoms with Crippen LogP contribution in [0.4, 0.5) is 5.69 Å². The Morgan fingerprint density at radius 3 is 2.70 bits per heavy atom. The summed E-state index contributed by atoms with van der Waals surface area (Å²) in [6, 6.07) is 11.0. The second-order valence-corrected chi connectivity index (χ2v) is 5.14. The Labute approximate surface area is 124 Å². The first kappa shape index (κ1) is 14.3. The van der Waals surface area contributed by atoms with E-state index in [0.717, 1.165) is 10.0 Å². The van der Waals surface area contributed by atoms with Gasteiger partial charge < -0.3 is 9.88 Å². The molecule has 2 aromatic rings. The monoisotopic (exact) mass is 332 g/mol. The zero-order valence-corrected chi connectivity index (χ0v) is 12.4. The van der Waals surface area contributed by atoms with E-state index in [1.165, 1.54) is 10.6 Å². The minimum Gasteiger partial charge on any atom is -0.318 e. The highest BCUT2D eigenvalue weighted by Gasteiger charge is 2.05. The molecule has 1 N–H and O–H groups in total. The highest BCUT2D eigenvalue weighted by Crippen LogP contribution is 2.11. The van der Waals surface area contributed by atoms with Gasteiger partial charge >= 0.3 is 0 Å². The van der Waals surface area contributed by atoms with Gasteiger partial charge in [0, 0.05) is 23.8 Å². The number of carbonyl (C=O) groups excluding carboxylic acids is 1. The summed E-state index contributed by atoms with van der Waals surface area (Å²) in [5, 5.41) is 2.57. The molecule has 0 aliphatic rings. The molecule has 4 nitrogen and oxygen atoms in total. The van der Waals surface area contributed by atoms with Gasteiger partial charge in [-0.25, -0.2) is 0 Å². The first-order valence-electron chi connectivity index (χ1n) is 5.96. The average molecular weight is 333 g/mol. The maximum Gasteiger partial charge on any atom is 0.274 e. The number of anilines is 1. The number of carbonyl (C=O) groups is 1. The number of nitrogens with zero attached hydrogens (tertiary/aromatic N) is 1. The molecule has 0 saturated heterocycles. The zero-order valence-electron chi connectivity index (χ0n) is 10.8. The SMILES string of the molecule is Cn1cc(Br)cc(NC(=O)/C=C/c2ccccc2)c1=O. The number of pyridine rings is 1. The summed E-state index contributed by atoms with van der Waals surface area (Å²) in [7, 11) is 1.63. The summed E-state index contributed by atoms with van der Waals surface area (Å²) in [5.41, 5.74) is 0.907. The van der Waals surface area contributed by atoms with Gasteiger partial charge in [-0.3, -0.25) is 9.59 Å². The van der Waals surface area contributed by atoms with E-state index in [-0.39, 0.29) is 17.2 Å². The van der Waals surface area contributed by atoms with Crippen LogP contribution in [0.5, 0.6) is 0 Å². The molecule has 0 aliphatic heterocycles. The third-order valence-corrected chi connectivity index (χ3v) is 3.07. The third-order valence-electron chi connectivity index (χ3n) is 2.63. The van der Waals surface area contributed by atoms with Crippen LogP contribution < -0.4 is 10.9 Å². The predicted molar refractivity (Wildman–Crippen MR) is 83.5 cm³/mol. The van der Waals surface area contributed by atoms with Crippen LogP contribution in [0, 0.1) is 0 Å². The Kier molecular flexibility index (Phi) is 4.53. The molecule has 0 atom stereocenters. The van der Waals surface area contributed by atoms with Crippen molar-refractivity contribution in [2.24, 2.45) is 7.05 Å². The normalized spacial score (nSPS) is 10.7. The number of halogens is 1. The number of aromatic nitrogens is 1. The van der Waals surface area contributed by atoms with Crippen molar-refractivity contribution in [2.75, 3.05) is 5.32 Å². The summed E-state index contributed by atoms with van der Waals surface area (Å²) < 4.78 is 2.13. The van der Waals surface area contributed by atoms with Crippen LogP contribution in [0.3, 0.4) is 0 Å². The van der Waals surface area contributed by atoms with Crippen LogP contribution in [0.15, 0.2) is 57.9 Å². The second-order valence-electron chi connectivity index (χ2n) is 4.22. The standard InChI is InChI=1S/C15H13BrN2O2/c1-18-10-12(16)9-13(15(18)20)17-14(19)8-7-11-5-3-2-4-6-11/h2-10H,1H3,(H,17,19)/b8-7+. The van der Waals surface area contributed by atoms with E-state index < -0.39 is 0 Å². The maximum atomic E-state index is 11.8. The minimum atomic E-state index is -0.343. The highest BCUT2D eigenvalue weighted by atomic mass is 79.9. The van der Waals surface area contributed by atoms with Crippen LogP contribution in [0.2, 0.25) is 0 Å². The molecule has 102 valence electrons. The molecule has 20 heavy (non-hydrogen) atoms. The molecule has 1 aromatic heterocycles. The van der Waals surface area contributed by atoms with Crippen molar-refractivity contribution >= 4 is 33.6 Å². The predicted octanol–water partition coefficient (Wildman–Crippen LogP) is 2.80. The summed E-state index contributed by atoms with van der Waals surface area (Å²) >= 11 is 3.28. The Morgan fingerprint density at radius 2 is 2.00 bits per heavy atom. The van der Waals surface area contributed by atoms with Gasteiger partial charge in [0.05, 0.1) is 0 Å². The number of aryl methyl sites for hydroxylation is 1. The van der Waals surface area contributed by atoms with Gasteiger partial charge in [0.25, 0.3) is 5.56 Å². The summed E-state index contributed by atoms with van der Waals surface area (Å²) in [4.78, 5) is 23.6. The van der Waals surface area contributed by atoms with Crippen molar-refractivity contribution in [2.45, 2.75) is 0 Å². The van der Waals surface area contributed by atoms with Gasteiger partial charge in [0.2, 0.25) is 5.91 Å². The first-order chi connectivity index (χ1) is 9.56. The number of hydrogen-bond acceptors (Lipinski definition) is 2. The van der Waals surface area contributed by atoms with Crippen LogP contribution in [0.1, 0.15) is 5.56 Å². The van der Waals surface area contributed by atoms with Crippen LogP contribution in [-0.4, -0.2) is 10.5 Å². The zero-order chi connectivity index (χ0) is 14.5. The van der Waals surface area contributed by atoms with E-state index in [9.17, 15) is 9.59 Å². The number of nitrogens with one attached hydrogen (secondary N) is 1. The maximum absolute atomic E-state index is 11.8. The quantitative estimate of drug-likeness (QED) is 0.878. The lowest BCUT2D eigenvalue weighted by Crippen LogP contribution is -2.22. The Balaban J connectivity index is 2.13. The lowest BCUT2D eigenvalue weighted by atomic mass is 10.2. The van der Waals surface area contributed by atoms with Crippen molar-refractivity contribution in [1.29, 1.82) is 0 Å². The van der Waals surface area contributed by atoms with E-state index in [2.05, 4.69) is 21.2 Å². The van der Waals surface area contributed by atoms with Crippen LogP contribution >= 0.6 is 15.9 Å². The number of amides is 1. The molecule has 1 amide bonds. The first-order valence-corrected chi connectivity index (χ1v) is 6.76. The molecule has 0 unspecified atom stereocenters. The van der Waals surface area contributed by atoms with Crippen molar-refractivity contribution < 1.29 is 4.79 Å². The van der Waals surface area contributed by atoms with Crippen molar-refractivity contribution in [3.63, 3.8) is 0 Å². The molecule has 0 spiro atoms. The van der Waals surface area contributed by atoms with Gasteiger partial charge in [-0.1, -0.05) is 30.3 Å². The Bertz CT molecular complexity index is 706. The van der Waals surface area contributed by atoms with Gasteiger partial charge in [-0.15, -0.1) is 0 Å². The van der Waals surface area contributed by atoms with Crippen molar-refractivity contribution in [1.82, 2.24) is 4.57 Å². The van der Waals surface area contributed by atoms with Gasteiger partial charge in [-0.2, -0.15) is 0 Å². The van der Waals surface area contributed by atoms with Crippen molar-refractivity contribution in [3.8, 4) is 0 Å². The van der Waals surface area contributed by atoms with Crippen molar-refractivity contribution in [3.05, 3.63) is 69.1 Å². The summed E-state index contributed by atoms with van der Waals surface area (Å²) in [6.45, 7) is 0. The Morgan fingerprint density at radius 1 is 1.30 bits per heavy atom. The largest absolute Gasteiger partial charge is 0.318 e. The van der Waals surface area contributed by atoms with Gasteiger partial charge in [0.1, 0.15) is 5.69 Å². The number of hydrogen-bond donors (Lipinski definition) is 1. The molecule has 2 rings (SSSR count). The lowest BCUT2D eigenvalue weighted by molar-refractivity contribution is -0.111. The van der Waals surface area contributed by atoms with Gasteiger partial charge in [0.15, 0.2) is 0 Å². The van der Waals surface area contributed by atoms with E-state index in [1.807, 2.05) is 30.3 Å². The summed E-state index contributed by atoms with van der Waals surface area (Å²) in [5.74, 6) is -0.343. The van der Waals surface area contributed by atoms with E-state index in [0.29, 0.717) is 0 Å². The molecule has 1 aromatic carbocycles. The Hall–Kier alpha value is -2.14. The lowest BCUT2D eigenvalue weighted by Gasteiger charge is -2.05. The molecule has 1 heterocycles. The molecule has 0 saturated carbocycles. The summed E-state index contributed by atoms with van der Waals surface area (Å²) in [6.07, 6.45) is 4.73. The highest BCUT2D eigenvalue weighted by molar-refractivity contribution is 9.10. The third kappa shape index (κ3) is 3.68. The molecule has 5 heteroatoms. The molecule has 0 bridgehead atoms. The second kappa shape index (κ2) is 6.34. The van der Waals surface area contributed by atoms with Crippen LogP contribution in [0.25, 0.3) is 6.08 Å². The van der Waals surface area contributed by atoms with E-state index >= 15 is 0 Å². The van der Waals surface area contributed by atoms with Gasteiger partial charge in [-0.05, 0) is 33.6 Å². The fourth-order valence-electron chi connectivity index (χ4n) is 1.67. The topological polar surface area (TPSA) is 51.1 Å². The number of benzene rings is 1.